The Bertz CT molecular complexity index is 8350. The molecular formula is C123H102N6O4Pt2-2. The van der Waals surface area contributed by atoms with E-state index in [1.165, 1.54) is 5.56 Å². The molecule has 135 heavy (non-hydrogen) atoms. The average Bonchev–Trinajstić information content (AvgIpc) is 1.59. The van der Waals surface area contributed by atoms with Crippen LogP contribution in [0.5, 0.6) is 11.5 Å². The molecule has 0 radical (unpaired) electrons. The standard InChI is InChI=1S/C63H54N3O2.C60H48N3O2.2Pt/c1-61(2,3)44-37-50(58(67)51(38-44)62(4,5)6)60-65-57-48(27-19-29-53(57)66(60)52-28-18-17-25-46(52)39-20-11-9-12-21-39)41-34-42(36-45(35-41)63(7,8)43-23-13-10-14-24-43)56-59-49(32-33-64-56)55-47-26-16-15-22-40(47)30-31-54(55)68-59;1-59(2,3)43-35-48(56(64)49(36-43)60(4,5)6)58-62-55-46(25-17-27-51(55)63(58)50-26-16-15-23-44(50)38-20-11-8-12-21-38)41-32-40(37-18-9-7-10-19-37)33-42(34-41)54-57-47(30-31-61-54)53-45-24-14-13-22-39(45)28-29-52(53)65-57;;/h9-33,35-38,67H,1-8H3;7-33,35-36,64H,1-6H3;;/q2*-1;;. The van der Waals surface area contributed by atoms with Gasteiger partial charge in [0.1, 0.15) is 45.5 Å². The number of aromatic hydroxyl groups is 2. The molecule has 12 heteroatoms. The maximum atomic E-state index is 12.6. The fraction of sp³-hybridized carbons (Fsp3) is 0.154. The summed E-state index contributed by atoms with van der Waals surface area (Å²) >= 11 is 0. The van der Waals surface area contributed by atoms with Gasteiger partial charge in [0.05, 0.1) is 44.6 Å². The van der Waals surface area contributed by atoms with Crippen LogP contribution in [0.4, 0.5) is 0 Å². The van der Waals surface area contributed by atoms with Gasteiger partial charge in [-0.25, -0.2) is 9.97 Å². The van der Waals surface area contributed by atoms with Crippen molar-refractivity contribution in [2.75, 3.05) is 0 Å². The molecular weight excluding hydrogens is 2020 g/mol. The van der Waals surface area contributed by atoms with Gasteiger partial charge in [-0.1, -0.05) is 380 Å². The van der Waals surface area contributed by atoms with E-state index in [0.717, 1.165) is 205 Å². The molecule has 0 aliphatic heterocycles. The molecule has 0 bridgehead atoms. The summed E-state index contributed by atoms with van der Waals surface area (Å²) in [5.74, 6) is 1.79. The van der Waals surface area contributed by atoms with E-state index in [0.29, 0.717) is 22.8 Å². The topological polar surface area (TPSA) is 128 Å². The Hall–Kier alpha value is -14.1. The van der Waals surface area contributed by atoms with Crippen molar-refractivity contribution in [2.24, 2.45) is 0 Å². The van der Waals surface area contributed by atoms with Crippen LogP contribution in [0.1, 0.15) is 130 Å². The molecule has 0 amide bonds. The van der Waals surface area contributed by atoms with Crippen molar-refractivity contribution in [3.05, 3.63) is 398 Å². The number of pyridine rings is 2. The molecule has 6 heterocycles. The normalized spacial score (nSPS) is 12.2. The van der Waals surface area contributed by atoms with Crippen molar-refractivity contribution in [1.82, 2.24) is 29.1 Å². The SMILES string of the molecule is CC(C)(C)c1cc(-c2nc3c(-c4[c-]c(-c5nccc6c5oc5ccc7ccccc7c56)cc(-c5ccccc5)c4)cccc3n2-c2ccccc2-c2ccccc2)c(O)c(C(C)(C)C)c1.CC(C)(C)c1cc(-c2nc3c(-c4[c-]c(-c5nccc6c5oc5ccc7ccccc7c56)cc(C(C)(C)c5ccccc5)c4)cccc3n2-c2ccccc2-c2ccccc2)c(O)c(C(C)(C)C)c1.[Pt].[Pt]. The fourth-order valence-electron chi connectivity index (χ4n) is 19.4. The zero-order chi connectivity index (χ0) is 91.7. The number of furan rings is 2. The van der Waals surface area contributed by atoms with E-state index in [1.54, 1.807) is 0 Å². The van der Waals surface area contributed by atoms with Gasteiger partial charge < -0.3 is 19.0 Å². The summed E-state index contributed by atoms with van der Waals surface area (Å²) in [4.78, 5) is 21.4. The maximum absolute atomic E-state index is 12.6. The molecule has 6 aromatic heterocycles. The first-order valence-corrected chi connectivity index (χ1v) is 45.8. The van der Waals surface area contributed by atoms with Gasteiger partial charge in [-0.3, -0.25) is 19.1 Å². The Labute approximate surface area is 816 Å². The molecule has 16 aromatic carbocycles. The average molecular weight is 2120 g/mol. The number of imidazole rings is 2. The molecule has 0 spiro atoms. The van der Waals surface area contributed by atoms with Gasteiger partial charge in [-0.15, -0.1) is 53.1 Å². The molecule has 0 saturated heterocycles. The first kappa shape index (κ1) is 90.0. The van der Waals surface area contributed by atoms with E-state index in [2.05, 4.69) is 440 Å². The van der Waals surface area contributed by atoms with Gasteiger partial charge in [0.2, 0.25) is 0 Å². The van der Waals surface area contributed by atoms with Crippen LogP contribution >= 0.6 is 0 Å². The van der Waals surface area contributed by atoms with Gasteiger partial charge in [0.25, 0.3) is 0 Å². The van der Waals surface area contributed by atoms with E-state index in [4.69, 9.17) is 28.8 Å². The second-order valence-electron chi connectivity index (χ2n) is 39.8. The Morgan fingerprint density at radius 1 is 0.289 bits per heavy atom. The zero-order valence-electron chi connectivity index (χ0n) is 78.0. The largest absolute Gasteiger partial charge is 0.507 e. The Kier molecular flexibility index (Phi) is 23.4. The molecule has 10 nitrogen and oxygen atoms in total. The minimum absolute atomic E-state index is 0. The van der Waals surface area contributed by atoms with Crippen LogP contribution in [0, 0.1) is 12.1 Å². The summed E-state index contributed by atoms with van der Waals surface area (Å²) in [6.07, 6.45) is 3.76. The van der Waals surface area contributed by atoms with Crippen molar-refractivity contribution in [1.29, 1.82) is 0 Å². The van der Waals surface area contributed by atoms with E-state index in [9.17, 15) is 10.2 Å². The van der Waals surface area contributed by atoms with Crippen LogP contribution in [0.2, 0.25) is 0 Å². The minimum atomic E-state index is -0.409. The number of rotatable bonds is 13. The van der Waals surface area contributed by atoms with Gasteiger partial charge in [-0.2, -0.15) is 0 Å². The minimum Gasteiger partial charge on any atom is -0.507 e. The molecule has 0 atom stereocenters. The van der Waals surface area contributed by atoms with Crippen LogP contribution < -0.4 is 0 Å². The van der Waals surface area contributed by atoms with Crippen molar-refractivity contribution < 1.29 is 61.2 Å². The molecule has 22 aromatic rings. The Morgan fingerprint density at radius 3 is 1.10 bits per heavy atom. The number of hydrogen-bond donors (Lipinski definition) is 2. The number of hydrogen-bond acceptors (Lipinski definition) is 8. The van der Waals surface area contributed by atoms with Gasteiger partial charge in [0.15, 0.2) is 0 Å². The molecule has 0 aliphatic carbocycles. The van der Waals surface area contributed by atoms with Crippen LogP contribution in [0.25, 0.3) is 200 Å². The van der Waals surface area contributed by atoms with Gasteiger partial charge in [0, 0.05) is 115 Å². The number of benzene rings is 16. The first-order chi connectivity index (χ1) is 64.1. The summed E-state index contributed by atoms with van der Waals surface area (Å²) in [5, 5.41) is 33.8. The van der Waals surface area contributed by atoms with E-state index < -0.39 is 5.41 Å². The smallest absolute Gasteiger partial charge is 0.148 e. The van der Waals surface area contributed by atoms with Crippen molar-refractivity contribution in [2.45, 2.75) is 124 Å². The predicted molar refractivity (Wildman–Crippen MR) is 551 cm³/mol. The van der Waals surface area contributed by atoms with Crippen molar-refractivity contribution >= 4 is 87.5 Å². The summed E-state index contributed by atoms with van der Waals surface area (Å²) in [6.45, 7) is 30.8. The number of para-hydroxylation sites is 4. The van der Waals surface area contributed by atoms with Crippen LogP contribution in [0.15, 0.2) is 361 Å². The number of phenolic OH excluding ortho intramolecular Hbond substituents is 2. The molecule has 670 valence electrons. The second kappa shape index (κ2) is 35.0. The van der Waals surface area contributed by atoms with Crippen molar-refractivity contribution in [3.63, 3.8) is 0 Å². The third kappa shape index (κ3) is 16.3. The third-order valence-electron chi connectivity index (χ3n) is 26.6. The maximum Gasteiger partial charge on any atom is 0.148 e. The number of fused-ring (bicyclic) bond motifs is 12. The number of nitrogens with zero attached hydrogens (tertiary/aromatic N) is 6. The van der Waals surface area contributed by atoms with Crippen molar-refractivity contribution in [3.8, 4) is 124 Å². The van der Waals surface area contributed by atoms with E-state index in [-0.39, 0.29) is 75.3 Å². The van der Waals surface area contributed by atoms with Crippen LogP contribution in [-0.4, -0.2) is 39.3 Å². The Balaban J connectivity index is 0.000000171. The molecule has 2 N–H and O–H groups in total. The predicted octanol–water partition coefficient (Wildman–Crippen LogP) is 32.5. The quantitative estimate of drug-likeness (QED) is 0.109. The molecule has 0 fully saturated rings. The van der Waals surface area contributed by atoms with E-state index >= 15 is 0 Å². The number of phenols is 2. The van der Waals surface area contributed by atoms with Gasteiger partial charge in [-0.05, 0) is 137 Å². The second-order valence-corrected chi connectivity index (χ2v) is 39.8. The molecule has 0 saturated carbocycles. The molecule has 22 rings (SSSR count). The Morgan fingerprint density at radius 2 is 0.659 bits per heavy atom. The summed E-state index contributed by atoms with van der Waals surface area (Å²) in [7, 11) is 0. The summed E-state index contributed by atoms with van der Waals surface area (Å²) in [6, 6.07) is 126. The summed E-state index contributed by atoms with van der Waals surface area (Å²) in [5.41, 5.74) is 27.6. The van der Waals surface area contributed by atoms with Crippen LogP contribution in [0.3, 0.4) is 0 Å². The third-order valence-corrected chi connectivity index (χ3v) is 26.6. The molecule has 0 unspecified atom stereocenters. The molecule has 0 aliphatic rings. The summed E-state index contributed by atoms with van der Waals surface area (Å²) < 4.78 is 18.0. The number of aromatic nitrogens is 6. The van der Waals surface area contributed by atoms with E-state index in [1.807, 2.05) is 30.6 Å². The first-order valence-electron chi connectivity index (χ1n) is 45.8. The fourth-order valence-corrected chi connectivity index (χ4v) is 19.4. The zero-order valence-corrected chi connectivity index (χ0v) is 82.6. The van der Waals surface area contributed by atoms with Crippen LogP contribution in [-0.2, 0) is 69.2 Å². The van der Waals surface area contributed by atoms with Gasteiger partial charge >= 0.3 is 0 Å². The monoisotopic (exact) mass is 2120 g/mol.